The summed E-state index contributed by atoms with van der Waals surface area (Å²) in [5.74, 6) is 0. The molecule has 0 unspecified atom stereocenters. The van der Waals surface area contributed by atoms with Crippen LogP contribution in [0.4, 0.5) is 5.69 Å². The summed E-state index contributed by atoms with van der Waals surface area (Å²) in [4.78, 5) is -3.35. The number of hydrogen-bond acceptors (Lipinski definition) is 7. The Morgan fingerprint density at radius 1 is 1.00 bits per heavy atom. The molecule has 0 atom stereocenters. The van der Waals surface area contributed by atoms with E-state index in [1.807, 2.05) is 0 Å². The van der Waals surface area contributed by atoms with E-state index in [2.05, 4.69) is 17.2 Å². The van der Waals surface area contributed by atoms with Crippen molar-refractivity contribution in [1.29, 1.82) is 0 Å². The van der Waals surface area contributed by atoms with Crippen LogP contribution >= 0.6 is 12.2 Å². The van der Waals surface area contributed by atoms with Crippen molar-refractivity contribution < 1.29 is 25.3 Å². The van der Waals surface area contributed by atoms with Crippen molar-refractivity contribution in [3.05, 3.63) is 24.8 Å². The Bertz CT molecular complexity index is 1030. The van der Waals surface area contributed by atoms with E-state index < -0.39 is 50.4 Å². The van der Waals surface area contributed by atoms with E-state index in [1.165, 1.54) is 6.08 Å². The molecule has 0 aliphatic rings. The van der Waals surface area contributed by atoms with E-state index in [1.54, 1.807) is 0 Å². The number of anilines is 1. The van der Waals surface area contributed by atoms with E-state index in [-0.39, 0.29) is 11.7 Å². The van der Waals surface area contributed by atoms with Gasteiger partial charge >= 0.3 is 0 Å². The second kappa shape index (κ2) is 7.32. The molecular formula is C10H15N5O6S4. The smallest absolute Gasteiger partial charge is 0.241 e. The number of thiocarbonyl (C=S) groups is 1. The molecule has 0 saturated heterocycles. The molecule has 15 heteroatoms. The van der Waals surface area contributed by atoms with Crippen LogP contribution in [-0.4, -0.2) is 36.9 Å². The highest BCUT2D eigenvalue weighted by Gasteiger charge is 2.32. The zero-order chi connectivity index (χ0) is 19.6. The van der Waals surface area contributed by atoms with E-state index in [0.717, 1.165) is 12.1 Å². The average molecular weight is 430 g/mol. The van der Waals surface area contributed by atoms with E-state index >= 15 is 0 Å². The van der Waals surface area contributed by atoms with E-state index in [4.69, 9.17) is 27.6 Å². The second-order valence-corrected chi connectivity index (χ2v) is 9.46. The maximum atomic E-state index is 11.9. The Morgan fingerprint density at radius 2 is 1.52 bits per heavy atom. The quantitative estimate of drug-likeness (QED) is 0.252. The number of nitrogens with two attached hydrogens (primary N) is 3. The Morgan fingerprint density at radius 3 is 1.92 bits per heavy atom. The fourth-order valence-corrected chi connectivity index (χ4v) is 5.53. The van der Waals surface area contributed by atoms with Gasteiger partial charge in [-0.3, -0.25) is 0 Å². The van der Waals surface area contributed by atoms with Crippen LogP contribution < -0.4 is 26.1 Å². The summed E-state index contributed by atoms with van der Waals surface area (Å²) in [5.41, 5.74) is -0.402. The van der Waals surface area contributed by atoms with Crippen molar-refractivity contribution in [1.82, 2.24) is 5.32 Å². The molecule has 0 heterocycles. The predicted molar refractivity (Wildman–Crippen MR) is 95.0 cm³/mol. The van der Waals surface area contributed by atoms with Crippen molar-refractivity contribution in [2.75, 3.05) is 11.9 Å². The maximum absolute atomic E-state index is 11.9. The Kier molecular flexibility index (Phi) is 6.27. The largest absolute Gasteiger partial charge is 0.359 e. The molecule has 0 aromatic heterocycles. The molecule has 0 fully saturated rings. The van der Waals surface area contributed by atoms with Gasteiger partial charge in [0, 0.05) is 6.54 Å². The van der Waals surface area contributed by atoms with Gasteiger partial charge in [0.15, 0.2) is 5.11 Å². The summed E-state index contributed by atoms with van der Waals surface area (Å²) < 4.78 is 70.7. The molecule has 1 aromatic carbocycles. The van der Waals surface area contributed by atoms with E-state index in [9.17, 15) is 25.3 Å². The lowest BCUT2D eigenvalue weighted by atomic mass is 10.3. The molecule has 0 amide bonds. The van der Waals surface area contributed by atoms with Gasteiger partial charge in [-0.1, -0.05) is 6.08 Å². The van der Waals surface area contributed by atoms with Gasteiger partial charge in [0.25, 0.3) is 0 Å². The van der Waals surface area contributed by atoms with Crippen LogP contribution in [0.2, 0.25) is 0 Å². The number of sulfonamides is 3. The lowest BCUT2D eigenvalue weighted by Crippen LogP contribution is -2.31. The Labute approximate surface area is 150 Å². The van der Waals surface area contributed by atoms with Crippen LogP contribution in [0.5, 0.6) is 0 Å². The fraction of sp³-hybridized carbons (Fsp3) is 0.100. The van der Waals surface area contributed by atoms with Crippen LogP contribution in [0, 0.1) is 0 Å². The highest BCUT2D eigenvalue weighted by molar-refractivity contribution is 7.94. The van der Waals surface area contributed by atoms with Gasteiger partial charge < -0.3 is 10.6 Å². The summed E-state index contributed by atoms with van der Waals surface area (Å²) in [5, 5.41) is 19.8. The Hall–Kier alpha value is -1.62. The van der Waals surface area contributed by atoms with Crippen LogP contribution in [-0.2, 0) is 30.1 Å². The van der Waals surface area contributed by atoms with Gasteiger partial charge in [0.1, 0.15) is 14.7 Å². The lowest BCUT2D eigenvalue weighted by Gasteiger charge is -2.17. The molecule has 1 rings (SSSR count). The molecule has 25 heavy (non-hydrogen) atoms. The number of benzene rings is 1. The number of primary sulfonamides is 3. The topological polar surface area (TPSA) is 205 Å². The molecule has 140 valence electrons. The van der Waals surface area contributed by atoms with Crippen molar-refractivity contribution in [3.63, 3.8) is 0 Å². The maximum Gasteiger partial charge on any atom is 0.241 e. The molecule has 0 aliphatic carbocycles. The van der Waals surface area contributed by atoms with Crippen molar-refractivity contribution in [3.8, 4) is 0 Å². The normalized spacial score (nSPS) is 12.4. The molecule has 11 nitrogen and oxygen atoms in total. The van der Waals surface area contributed by atoms with Gasteiger partial charge in [0.05, 0.1) is 5.69 Å². The monoisotopic (exact) mass is 429 g/mol. The summed E-state index contributed by atoms with van der Waals surface area (Å²) in [7, 11) is -14.2. The first-order valence-electron chi connectivity index (χ1n) is 6.10. The molecule has 0 bridgehead atoms. The summed E-state index contributed by atoms with van der Waals surface area (Å²) in [6.07, 6.45) is 1.45. The Balaban J connectivity index is 3.85. The molecule has 0 saturated carbocycles. The van der Waals surface area contributed by atoms with Crippen molar-refractivity contribution >= 4 is 53.1 Å². The van der Waals surface area contributed by atoms with E-state index in [0.29, 0.717) is 0 Å². The third-order valence-corrected chi connectivity index (χ3v) is 6.05. The first-order valence-corrected chi connectivity index (χ1v) is 11.2. The van der Waals surface area contributed by atoms with Crippen molar-refractivity contribution in [2.45, 2.75) is 14.7 Å². The molecule has 0 aliphatic heterocycles. The lowest BCUT2D eigenvalue weighted by molar-refractivity contribution is 0.575. The van der Waals surface area contributed by atoms with Crippen molar-refractivity contribution in [2.24, 2.45) is 15.4 Å². The highest BCUT2D eigenvalue weighted by Crippen LogP contribution is 2.32. The van der Waals surface area contributed by atoms with Gasteiger partial charge in [-0.25, -0.2) is 40.7 Å². The summed E-state index contributed by atoms with van der Waals surface area (Å²) in [6, 6.07) is 1.71. The number of hydrogen-bond donors (Lipinski definition) is 5. The zero-order valence-electron chi connectivity index (χ0n) is 12.5. The summed E-state index contributed by atoms with van der Waals surface area (Å²) in [6.45, 7) is 3.66. The predicted octanol–water partition coefficient (Wildman–Crippen LogP) is -1.90. The standard InChI is InChI=1S/C10H15N5O6S4/c1-2-5-14-10(22)15-6-3-4-7(23(11,16)17)9(25(13,20)21)8(6)24(12,18)19/h2-4H,1,5H2,(H2,11,16,17)(H2,12,18,19)(H2,13,20,21)(H2,14,15,22). The molecule has 0 spiro atoms. The minimum absolute atomic E-state index is 0.103. The first-order chi connectivity index (χ1) is 11.2. The fourth-order valence-electron chi connectivity index (χ4n) is 1.75. The molecular weight excluding hydrogens is 414 g/mol. The van der Waals surface area contributed by atoms with Gasteiger partial charge in [-0.2, -0.15) is 0 Å². The minimum Gasteiger partial charge on any atom is -0.359 e. The number of rotatable bonds is 6. The SMILES string of the molecule is C=CCNC(=S)Nc1ccc(S(N)(=O)=O)c(S(N)(=O)=O)c1S(N)(=O)=O. The summed E-state index contributed by atoms with van der Waals surface area (Å²) >= 11 is 4.90. The van der Waals surface area contributed by atoms with Gasteiger partial charge in [0.2, 0.25) is 30.1 Å². The zero-order valence-corrected chi connectivity index (χ0v) is 15.7. The van der Waals surface area contributed by atoms with Crippen LogP contribution in [0.25, 0.3) is 0 Å². The van der Waals surface area contributed by atoms with Gasteiger partial charge in [-0.05, 0) is 24.4 Å². The third kappa shape index (κ3) is 5.43. The number of nitrogens with one attached hydrogen (secondary N) is 2. The molecule has 0 radical (unpaired) electrons. The first kappa shape index (κ1) is 21.4. The average Bonchev–Trinajstić information content (AvgIpc) is 2.41. The van der Waals surface area contributed by atoms with Crippen LogP contribution in [0.1, 0.15) is 0 Å². The van der Waals surface area contributed by atoms with Crippen LogP contribution in [0.15, 0.2) is 39.5 Å². The van der Waals surface area contributed by atoms with Crippen LogP contribution in [0.3, 0.4) is 0 Å². The third-order valence-electron chi connectivity index (χ3n) is 2.61. The highest BCUT2D eigenvalue weighted by atomic mass is 32.2. The molecule has 1 aromatic rings. The minimum atomic E-state index is -4.84. The molecule has 8 N–H and O–H groups in total. The second-order valence-electron chi connectivity index (χ2n) is 4.53. The van der Waals surface area contributed by atoms with Gasteiger partial charge in [-0.15, -0.1) is 6.58 Å².